The Morgan fingerprint density at radius 2 is 2.00 bits per heavy atom. The van der Waals surface area contributed by atoms with Crippen molar-refractivity contribution in [3.63, 3.8) is 0 Å². The van der Waals surface area contributed by atoms with Crippen LogP contribution in [0.3, 0.4) is 0 Å². The fourth-order valence-electron chi connectivity index (χ4n) is 1.08. The maximum absolute atomic E-state index is 11.8. The predicted octanol–water partition coefficient (Wildman–Crippen LogP) is 2.33. The molecule has 0 aliphatic carbocycles. The molecule has 0 aliphatic heterocycles. The lowest BCUT2D eigenvalue weighted by Gasteiger charge is -2.25. The lowest BCUT2D eigenvalue weighted by Crippen LogP contribution is -2.39. The summed E-state index contributed by atoms with van der Waals surface area (Å²) in [6.07, 6.45) is -6.74. The van der Waals surface area contributed by atoms with E-state index in [2.05, 4.69) is 0 Å². The van der Waals surface area contributed by atoms with E-state index in [0.29, 0.717) is 0 Å². The third kappa shape index (κ3) is 4.59. The molecule has 0 aromatic rings. The van der Waals surface area contributed by atoms with Crippen LogP contribution in [0.25, 0.3) is 0 Å². The zero-order chi connectivity index (χ0) is 10.6. The molecule has 0 aromatic heterocycles. The minimum atomic E-state index is -4.32. The summed E-state index contributed by atoms with van der Waals surface area (Å²) in [5.74, 6) is 0. The van der Waals surface area contributed by atoms with Crippen molar-refractivity contribution in [1.29, 1.82) is 0 Å². The monoisotopic (exact) mass is 199 g/mol. The van der Waals surface area contributed by atoms with Gasteiger partial charge < -0.3 is 10.0 Å². The van der Waals surface area contributed by atoms with Crippen LogP contribution >= 0.6 is 0 Å². The van der Waals surface area contributed by atoms with Gasteiger partial charge in [-0.15, -0.1) is 0 Å². The number of halogens is 3. The van der Waals surface area contributed by atoms with Crippen LogP contribution in [0.4, 0.5) is 18.0 Å². The maximum atomic E-state index is 11.8. The molecule has 0 radical (unpaired) electrons. The minimum Gasteiger partial charge on any atom is -0.465 e. The molecule has 0 aromatic carbocycles. The Bertz CT molecular complexity index is 181. The van der Waals surface area contributed by atoms with Gasteiger partial charge >= 0.3 is 12.3 Å². The van der Waals surface area contributed by atoms with Crippen LogP contribution in [-0.2, 0) is 0 Å². The first kappa shape index (κ1) is 12.1. The van der Waals surface area contributed by atoms with Crippen molar-refractivity contribution < 1.29 is 23.1 Å². The van der Waals surface area contributed by atoms with Gasteiger partial charge in [-0.1, -0.05) is 0 Å². The Morgan fingerprint density at radius 1 is 1.54 bits per heavy atom. The Kier molecular flexibility index (Phi) is 4.03. The second-order valence-electron chi connectivity index (χ2n) is 2.74. The fourth-order valence-corrected chi connectivity index (χ4v) is 1.08. The van der Waals surface area contributed by atoms with E-state index in [9.17, 15) is 18.0 Å². The molecule has 0 saturated carbocycles. The van der Waals surface area contributed by atoms with Gasteiger partial charge in [0.15, 0.2) is 0 Å². The molecule has 6 heteroatoms. The number of hydrogen-bond acceptors (Lipinski definition) is 1. The third-order valence-electron chi connectivity index (χ3n) is 1.65. The number of alkyl halides is 3. The Labute approximate surface area is 74.1 Å². The average Bonchev–Trinajstić information content (AvgIpc) is 1.82. The van der Waals surface area contributed by atoms with Crippen molar-refractivity contribution in [3.05, 3.63) is 0 Å². The summed E-state index contributed by atoms with van der Waals surface area (Å²) in [5, 5.41) is 8.50. The summed E-state index contributed by atoms with van der Waals surface area (Å²) in [5.41, 5.74) is 0. The van der Waals surface area contributed by atoms with Crippen LogP contribution in [-0.4, -0.2) is 34.9 Å². The quantitative estimate of drug-likeness (QED) is 0.757. The van der Waals surface area contributed by atoms with Crippen LogP contribution in [0.1, 0.15) is 20.3 Å². The molecular formula is C7H12F3NO2. The van der Waals surface area contributed by atoms with Crippen molar-refractivity contribution >= 4 is 6.09 Å². The topological polar surface area (TPSA) is 40.5 Å². The van der Waals surface area contributed by atoms with Gasteiger partial charge in [-0.2, -0.15) is 13.2 Å². The van der Waals surface area contributed by atoms with E-state index in [1.54, 1.807) is 0 Å². The fraction of sp³-hybridized carbons (Fsp3) is 0.857. The Morgan fingerprint density at radius 3 is 2.23 bits per heavy atom. The molecule has 0 spiro atoms. The molecular weight excluding hydrogens is 187 g/mol. The standard InChI is InChI=1S/C7H12F3NO2/c1-3-11(6(12)13)5(2)4-7(8,9)10/h5H,3-4H2,1-2H3,(H,12,13). The summed E-state index contributed by atoms with van der Waals surface area (Å²) < 4.78 is 35.5. The van der Waals surface area contributed by atoms with E-state index in [1.807, 2.05) is 0 Å². The summed E-state index contributed by atoms with van der Waals surface area (Å²) >= 11 is 0. The van der Waals surface area contributed by atoms with Crippen LogP contribution in [0.5, 0.6) is 0 Å². The molecule has 13 heavy (non-hydrogen) atoms. The Balaban J connectivity index is 4.22. The molecule has 78 valence electrons. The number of nitrogens with zero attached hydrogens (tertiary/aromatic N) is 1. The first-order valence-corrected chi connectivity index (χ1v) is 3.84. The van der Waals surface area contributed by atoms with Crippen molar-refractivity contribution in [2.24, 2.45) is 0 Å². The molecule has 0 aliphatic rings. The molecule has 0 rings (SSSR count). The molecule has 0 fully saturated rings. The molecule has 1 N–H and O–H groups in total. The molecule has 1 amide bonds. The van der Waals surface area contributed by atoms with Gasteiger partial charge in [0.1, 0.15) is 0 Å². The van der Waals surface area contributed by atoms with E-state index in [-0.39, 0.29) is 6.54 Å². The minimum absolute atomic E-state index is 0.0621. The SMILES string of the molecule is CCN(C(=O)O)C(C)CC(F)(F)F. The summed E-state index contributed by atoms with van der Waals surface area (Å²) in [7, 11) is 0. The highest BCUT2D eigenvalue weighted by Crippen LogP contribution is 2.23. The predicted molar refractivity (Wildman–Crippen MR) is 40.5 cm³/mol. The van der Waals surface area contributed by atoms with Crippen molar-refractivity contribution in [2.75, 3.05) is 6.54 Å². The van der Waals surface area contributed by atoms with Crippen LogP contribution in [0, 0.1) is 0 Å². The molecule has 1 atom stereocenters. The lowest BCUT2D eigenvalue weighted by molar-refractivity contribution is -0.144. The van der Waals surface area contributed by atoms with Crippen molar-refractivity contribution in [3.8, 4) is 0 Å². The van der Waals surface area contributed by atoms with E-state index < -0.39 is 24.7 Å². The molecule has 0 saturated heterocycles. The molecule has 3 nitrogen and oxygen atoms in total. The van der Waals surface area contributed by atoms with Gasteiger partial charge in [0.2, 0.25) is 0 Å². The zero-order valence-corrected chi connectivity index (χ0v) is 7.43. The number of rotatable bonds is 3. The molecule has 0 bridgehead atoms. The molecule has 1 unspecified atom stereocenters. The smallest absolute Gasteiger partial charge is 0.407 e. The van der Waals surface area contributed by atoms with Crippen molar-refractivity contribution in [1.82, 2.24) is 4.90 Å². The highest BCUT2D eigenvalue weighted by molar-refractivity contribution is 5.65. The normalized spacial score (nSPS) is 13.9. The van der Waals surface area contributed by atoms with E-state index in [4.69, 9.17) is 5.11 Å². The van der Waals surface area contributed by atoms with Gasteiger partial charge in [-0.3, -0.25) is 0 Å². The average molecular weight is 199 g/mol. The van der Waals surface area contributed by atoms with Gasteiger partial charge in [0.05, 0.1) is 6.42 Å². The van der Waals surface area contributed by atoms with E-state index in [1.165, 1.54) is 13.8 Å². The maximum Gasteiger partial charge on any atom is 0.407 e. The highest BCUT2D eigenvalue weighted by atomic mass is 19.4. The second-order valence-corrected chi connectivity index (χ2v) is 2.74. The first-order chi connectivity index (χ1) is 5.78. The number of hydrogen-bond donors (Lipinski definition) is 1. The summed E-state index contributed by atoms with van der Waals surface area (Å²) in [6.45, 7) is 2.80. The highest BCUT2D eigenvalue weighted by Gasteiger charge is 2.33. The summed E-state index contributed by atoms with van der Waals surface area (Å²) in [6, 6.07) is -1.03. The number of carboxylic acid groups (broad SMARTS) is 1. The Hall–Kier alpha value is -0.940. The largest absolute Gasteiger partial charge is 0.465 e. The number of amides is 1. The van der Waals surface area contributed by atoms with Gasteiger partial charge in [-0.25, -0.2) is 4.79 Å². The zero-order valence-electron chi connectivity index (χ0n) is 7.43. The van der Waals surface area contributed by atoms with E-state index in [0.717, 1.165) is 4.90 Å². The number of carbonyl (C=O) groups is 1. The van der Waals surface area contributed by atoms with Gasteiger partial charge in [-0.05, 0) is 13.8 Å². The van der Waals surface area contributed by atoms with E-state index >= 15 is 0 Å². The van der Waals surface area contributed by atoms with Crippen LogP contribution in [0.15, 0.2) is 0 Å². The van der Waals surface area contributed by atoms with Gasteiger partial charge in [0.25, 0.3) is 0 Å². The lowest BCUT2D eigenvalue weighted by atomic mass is 10.2. The molecule has 0 heterocycles. The van der Waals surface area contributed by atoms with Crippen LogP contribution < -0.4 is 0 Å². The third-order valence-corrected chi connectivity index (χ3v) is 1.65. The first-order valence-electron chi connectivity index (χ1n) is 3.84. The van der Waals surface area contributed by atoms with Crippen LogP contribution in [0.2, 0.25) is 0 Å². The van der Waals surface area contributed by atoms with Gasteiger partial charge in [0, 0.05) is 12.6 Å². The van der Waals surface area contributed by atoms with Crippen molar-refractivity contribution in [2.45, 2.75) is 32.5 Å². The summed E-state index contributed by atoms with van der Waals surface area (Å²) in [4.78, 5) is 11.2. The second kappa shape index (κ2) is 4.34.